The molecule has 1 rings (SSSR count). The molecule has 0 saturated heterocycles. The van der Waals surface area contributed by atoms with Gasteiger partial charge in [-0.3, -0.25) is 0 Å². The first-order valence-electron chi connectivity index (χ1n) is 4.19. The van der Waals surface area contributed by atoms with Crippen molar-refractivity contribution in [2.24, 2.45) is 0 Å². The van der Waals surface area contributed by atoms with E-state index in [4.69, 9.17) is 9.59 Å². The van der Waals surface area contributed by atoms with Crippen LogP contribution in [0.3, 0.4) is 0 Å². The summed E-state index contributed by atoms with van der Waals surface area (Å²) < 4.78 is 0. The van der Waals surface area contributed by atoms with Gasteiger partial charge in [0.05, 0.1) is 0 Å². The molecule has 12 heavy (non-hydrogen) atoms. The molecule has 0 amide bonds. The van der Waals surface area contributed by atoms with E-state index >= 15 is 0 Å². The van der Waals surface area contributed by atoms with E-state index in [1.54, 1.807) is 0 Å². The summed E-state index contributed by atoms with van der Waals surface area (Å²) in [7, 11) is -2.60. The van der Waals surface area contributed by atoms with E-state index in [1.807, 2.05) is 24.3 Å². The molecule has 1 aromatic carbocycles. The molecule has 2 nitrogen and oxygen atoms in total. The van der Waals surface area contributed by atoms with Crippen molar-refractivity contribution in [1.29, 1.82) is 0 Å². The fourth-order valence-corrected chi connectivity index (χ4v) is 2.14. The summed E-state index contributed by atoms with van der Waals surface area (Å²) in [6, 6.07) is 7.55. The predicted molar refractivity (Wildman–Crippen MR) is 51.7 cm³/mol. The third kappa shape index (κ3) is 2.17. The van der Waals surface area contributed by atoms with Gasteiger partial charge in [-0.25, -0.2) is 0 Å². The molecule has 0 aromatic heterocycles. The number of benzene rings is 1. The van der Waals surface area contributed by atoms with Crippen LogP contribution in [0.2, 0.25) is 0 Å². The van der Waals surface area contributed by atoms with Crippen LogP contribution in [0.25, 0.3) is 0 Å². The molecule has 0 aliphatic rings. The molecular formula is C9H14O2Si. The highest BCUT2D eigenvalue weighted by atomic mass is 28.3. The summed E-state index contributed by atoms with van der Waals surface area (Å²) in [6.07, 6.45) is 1.97. The highest BCUT2D eigenvalue weighted by Crippen LogP contribution is 2.00. The van der Waals surface area contributed by atoms with Gasteiger partial charge in [0, 0.05) is 0 Å². The monoisotopic (exact) mass is 182 g/mol. The minimum Gasteiger partial charge on any atom is -0.410 e. The molecule has 0 aliphatic heterocycles. The van der Waals surface area contributed by atoms with Crippen molar-refractivity contribution in [2.75, 3.05) is 0 Å². The maximum atomic E-state index is 9.13. The summed E-state index contributed by atoms with van der Waals surface area (Å²) in [5.41, 5.74) is 1.08. The fraction of sp³-hybridized carbons (Fsp3) is 0.333. The van der Waals surface area contributed by atoms with E-state index < -0.39 is 9.28 Å². The van der Waals surface area contributed by atoms with Gasteiger partial charge in [0.15, 0.2) is 0 Å². The van der Waals surface area contributed by atoms with Gasteiger partial charge in [-0.2, -0.15) is 0 Å². The Hall–Kier alpha value is -0.643. The molecule has 0 aliphatic carbocycles. The van der Waals surface area contributed by atoms with Crippen LogP contribution < -0.4 is 5.19 Å². The highest BCUT2D eigenvalue weighted by molar-refractivity contribution is 6.59. The average molecular weight is 182 g/mol. The van der Waals surface area contributed by atoms with Crippen LogP contribution in [0, 0.1) is 0 Å². The van der Waals surface area contributed by atoms with Gasteiger partial charge >= 0.3 is 9.28 Å². The standard InChI is InChI=1S/C9H14O2Si/c1-2-5-8-6-3-4-7-9(8)12(10)11/h3-4,6-7,10-12H,2,5H2,1H3. The van der Waals surface area contributed by atoms with Crippen molar-refractivity contribution in [3.05, 3.63) is 29.8 Å². The smallest absolute Gasteiger partial charge is 0.350 e. The lowest BCUT2D eigenvalue weighted by molar-refractivity contribution is 0.425. The number of hydrogen-bond acceptors (Lipinski definition) is 2. The van der Waals surface area contributed by atoms with E-state index in [0.717, 1.165) is 23.6 Å². The lowest BCUT2D eigenvalue weighted by Crippen LogP contribution is -2.32. The van der Waals surface area contributed by atoms with Crippen LogP contribution in [0.1, 0.15) is 18.9 Å². The SMILES string of the molecule is CCCc1ccccc1[SiH](O)O. The largest absolute Gasteiger partial charge is 0.410 e. The van der Waals surface area contributed by atoms with E-state index in [9.17, 15) is 0 Å². The summed E-state index contributed by atoms with van der Waals surface area (Å²) in [6.45, 7) is 2.09. The van der Waals surface area contributed by atoms with Gasteiger partial charge in [-0.05, 0) is 17.2 Å². The number of aryl methyl sites for hydroxylation is 1. The van der Waals surface area contributed by atoms with Crippen molar-refractivity contribution >= 4 is 14.5 Å². The Morgan fingerprint density at radius 1 is 1.25 bits per heavy atom. The molecule has 0 unspecified atom stereocenters. The Labute approximate surface area is 74.3 Å². The van der Waals surface area contributed by atoms with Crippen LogP contribution in [0.15, 0.2) is 24.3 Å². The molecule has 0 saturated carbocycles. The molecule has 0 radical (unpaired) electrons. The van der Waals surface area contributed by atoms with Gasteiger partial charge in [0.1, 0.15) is 0 Å². The maximum absolute atomic E-state index is 9.13. The maximum Gasteiger partial charge on any atom is 0.350 e. The fourth-order valence-electron chi connectivity index (χ4n) is 1.28. The molecule has 0 fully saturated rings. The molecule has 0 atom stereocenters. The number of rotatable bonds is 3. The molecule has 3 heteroatoms. The van der Waals surface area contributed by atoms with E-state index in [2.05, 4.69) is 6.92 Å². The van der Waals surface area contributed by atoms with Crippen molar-refractivity contribution in [2.45, 2.75) is 19.8 Å². The van der Waals surface area contributed by atoms with Gasteiger partial charge in [-0.1, -0.05) is 37.6 Å². The first-order valence-corrected chi connectivity index (χ1v) is 5.80. The zero-order valence-corrected chi connectivity index (χ0v) is 8.35. The Bertz CT molecular complexity index is 248. The van der Waals surface area contributed by atoms with Gasteiger partial charge in [-0.15, -0.1) is 0 Å². The summed E-state index contributed by atoms with van der Waals surface area (Å²) in [4.78, 5) is 18.3. The summed E-state index contributed by atoms with van der Waals surface area (Å²) in [5, 5.41) is 0.763. The minimum atomic E-state index is -2.60. The minimum absolute atomic E-state index is 0.763. The third-order valence-electron chi connectivity index (χ3n) is 1.85. The van der Waals surface area contributed by atoms with E-state index in [-0.39, 0.29) is 0 Å². The second kappa shape index (κ2) is 4.40. The topological polar surface area (TPSA) is 40.5 Å². The van der Waals surface area contributed by atoms with Crippen molar-refractivity contribution in [3.8, 4) is 0 Å². The molecule has 1 aromatic rings. The van der Waals surface area contributed by atoms with E-state index in [1.165, 1.54) is 0 Å². The second-order valence-corrected chi connectivity index (χ2v) is 4.19. The molecule has 0 heterocycles. The Morgan fingerprint density at radius 2 is 1.92 bits per heavy atom. The molecule has 0 spiro atoms. The quantitative estimate of drug-likeness (QED) is 0.649. The molecular weight excluding hydrogens is 168 g/mol. The van der Waals surface area contributed by atoms with Gasteiger partial charge < -0.3 is 9.59 Å². The van der Waals surface area contributed by atoms with E-state index in [0.29, 0.717) is 0 Å². The van der Waals surface area contributed by atoms with Crippen LogP contribution in [-0.2, 0) is 6.42 Å². The second-order valence-electron chi connectivity index (χ2n) is 2.82. The third-order valence-corrected chi connectivity index (χ3v) is 2.97. The first-order chi connectivity index (χ1) is 5.75. The van der Waals surface area contributed by atoms with Gasteiger partial charge in [0.2, 0.25) is 0 Å². The zero-order valence-electron chi connectivity index (χ0n) is 7.20. The lowest BCUT2D eigenvalue weighted by atomic mass is 10.1. The molecule has 2 N–H and O–H groups in total. The van der Waals surface area contributed by atoms with Crippen LogP contribution in [0.5, 0.6) is 0 Å². The first kappa shape index (κ1) is 9.44. The molecule has 0 bridgehead atoms. The van der Waals surface area contributed by atoms with Crippen LogP contribution in [0.4, 0.5) is 0 Å². The molecule has 66 valence electrons. The lowest BCUT2D eigenvalue weighted by Gasteiger charge is -2.07. The highest BCUT2D eigenvalue weighted by Gasteiger charge is 2.09. The Morgan fingerprint density at radius 3 is 2.50 bits per heavy atom. The average Bonchev–Trinajstić information content (AvgIpc) is 2.05. The van der Waals surface area contributed by atoms with Crippen molar-refractivity contribution in [3.63, 3.8) is 0 Å². The summed E-state index contributed by atoms with van der Waals surface area (Å²) >= 11 is 0. The Balaban J connectivity index is 2.92. The Kier molecular flexibility index (Phi) is 3.46. The van der Waals surface area contributed by atoms with Gasteiger partial charge in [0.25, 0.3) is 0 Å². The van der Waals surface area contributed by atoms with Crippen LogP contribution >= 0.6 is 0 Å². The van der Waals surface area contributed by atoms with Crippen LogP contribution in [-0.4, -0.2) is 18.9 Å². The van der Waals surface area contributed by atoms with Crippen molar-refractivity contribution < 1.29 is 9.59 Å². The summed E-state index contributed by atoms with van der Waals surface area (Å²) in [5.74, 6) is 0. The zero-order chi connectivity index (χ0) is 8.97. The number of hydrogen-bond donors (Lipinski definition) is 2. The predicted octanol–water partition coefficient (Wildman–Crippen LogP) is 0.0512. The van der Waals surface area contributed by atoms with Crippen molar-refractivity contribution in [1.82, 2.24) is 0 Å². The normalized spacial score (nSPS) is 10.7.